The van der Waals surface area contributed by atoms with Crippen molar-refractivity contribution in [2.45, 2.75) is 26.1 Å². The summed E-state index contributed by atoms with van der Waals surface area (Å²) < 4.78 is 29.5. The number of benzene rings is 2. The highest BCUT2D eigenvalue weighted by Crippen LogP contribution is 2.26. The molecule has 14 heteroatoms. The summed E-state index contributed by atoms with van der Waals surface area (Å²) in [4.78, 5) is 16.7. The second-order valence-electron chi connectivity index (χ2n) is 7.57. The Labute approximate surface area is 209 Å². The number of carbonyl (C=O) groups is 1. The quantitative estimate of drug-likeness (QED) is 0.228. The van der Waals surface area contributed by atoms with E-state index in [1.54, 1.807) is 12.3 Å². The molecule has 2 aromatic rings. The first-order valence-electron chi connectivity index (χ1n) is 9.89. The van der Waals surface area contributed by atoms with Gasteiger partial charge in [0.1, 0.15) is 18.0 Å². The molecular weight excluding hydrogens is 507 g/mol. The number of rotatable bonds is 6. The lowest BCUT2D eigenvalue weighted by molar-refractivity contribution is -0.140. The van der Waals surface area contributed by atoms with Crippen LogP contribution in [0.3, 0.4) is 0 Å². The van der Waals surface area contributed by atoms with Gasteiger partial charge in [-0.15, -0.1) is 5.10 Å². The fourth-order valence-corrected chi connectivity index (χ4v) is 3.06. The average Bonchev–Trinajstić information content (AvgIpc) is 3.18. The number of amides is 1. The van der Waals surface area contributed by atoms with Crippen molar-refractivity contribution in [1.82, 2.24) is 20.8 Å². The number of amidine groups is 1. The molecule has 10 nitrogen and oxygen atoms in total. The summed E-state index contributed by atoms with van der Waals surface area (Å²) in [7, 11) is 0. The summed E-state index contributed by atoms with van der Waals surface area (Å²) >= 11 is 12.1. The zero-order valence-corrected chi connectivity index (χ0v) is 19.8. The van der Waals surface area contributed by atoms with Crippen LogP contribution in [0.4, 0.5) is 14.5 Å². The molecule has 35 heavy (non-hydrogen) atoms. The third kappa shape index (κ3) is 6.69. The fraction of sp³-hybridized carbons (Fsp3) is 0.238. The van der Waals surface area contributed by atoms with Crippen molar-refractivity contribution >= 4 is 46.6 Å². The number of hydrogen-bond acceptors (Lipinski definition) is 7. The Balaban J connectivity index is 2.00. The standard InChI is InChI=1S/C21H19Cl2F2N7O3/c1-21(2,34)18(33)30-31-11-32(29-17(31)12-6-7-15(22)16(23)8-12)20(27-10-26)28-13-4-3-5-14(9-13)35-19(24)25/h3-9,19,34H,11H2,1-2H3,(H,27,28)(H,30,33). The summed E-state index contributed by atoms with van der Waals surface area (Å²) in [6.45, 7) is -0.538. The molecule has 0 saturated carbocycles. The van der Waals surface area contributed by atoms with Crippen molar-refractivity contribution in [3.8, 4) is 11.9 Å². The largest absolute Gasteiger partial charge is 0.435 e. The number of halogens is 4. The van der Waals surface area contributed by atoms with Gasteiger partial charge in [-0.2, -0.15) is 14.0 Å². The molecule has 0 aromatic heterocycles. The van der Waals surface area contributed by atoms with E-state index < -0.39 is 18.1 Å². The zero-order chi connectivity index (χ0) is 25.8. The number of hydrazine groups is 1. The van der Waals surface area contributed by atoms with Gasteiger partial charge in [0, 0.05) is 11.6 Å². The summed E-state index contributed by atoms with van der Waals surface area (Å²) in [5.41, 5.74) is 1.49. The van der Waals surface area contributed by atoms with E-state index in [-0.39, 0.29) is 34.9 Å². The Bertz CT molecular complexity index is 1210. The normalized spacial score (nSPS) is 14.0. The Morgan fingerprint density at radius 1 is 1.29 bits per heavy atom. The van der Waals surface area contributed by atoms with Gasteiger partial charge in [0.15, 0.2) is 12.0 Å². The predicted octanol–water partition coefficient (Wildman–Crippen LogP) is 3.39. The number of carbonyl (C=O) groups excluding carboxylic acids is 1. The summed E-state index contributed by atoms with van der Waals surface area (Å²) in [6, 6.07) is 10.2. The summed E-state index contributed by atoms with van der Waals surface area (Å²) in [5, 5.41) is 29.2. The van der Waals surface area contributed by atoms with Crippen LogP contribution < -0.4 is 15.5 Å². The molecular formula is C21H19Cl2F2N7O3. The summed E-state index contributed by atoms with van der Waals surface area (Å²) in [5.74, 6) is -0.739. The first-order valence-corrected chi connectivity index (χ1v) is 10.6. The third-order valence-corrected chi connectivity index (χ3v) is 5.15. The maximum Gasteiger partial charge on any atom is 0.387 e. The van der Waals surface area contributed by atoms with E-state index in [9.17, 15) is 23.9 Å². The smallest absolute Gasteiger partial charge is 0.387 e. The minimum absolute atomic E-state index is 0.0840. The van der Waals surface area contributed by atoms with Crippen molar-refractivity contribution < 1.29 is 23.4 Å². The van der Waals surface area contributed by atoms with E-state index in [4.69, 9.17) is 23.2 Å². The van der Waals surface area contributed by atoms with Gasteiger partial charge in [0.05, 0.1) is 15.7 Å². The molecule has 2 aromatic carbocycles. The van der Waals surface area contributed by atoms with Crippen LogP contribution in [0.5, 0.6) is 5.75 Å². The highest BCUT2D eigenvalue weighted by Gasteiger charge is 2.33. The highest BCUT2D eigenvalue weighted by molar-refractivity contribution is 6.42. The molecule has 184 valence electrons. The molecule has 3 rings (SSSR count). The number of nitriles is 1. The van der Waals surface area contributed by atoms with Gasteiger partial charge in [0.2, 0.25) is 5.96 Å². The van der Waals surface area contributed by atoms with Crippen LogP contribution in [0.2, 0.25) is 10.0 Å². The van der Waals surface area contributed by atoms with Crippen LogP contribution >= 0.6 is 23.2 Å². The van der Waals surface area contributed by atoms with Crippen molar-refractivity contribution in [2.24, 2.45) is 10.1 Å². The number of nitrogens with one attached hydrogen (secondary N) is 2. The lowest BCUT2D eigenvalue weighted by atomic mass is 10.1. The van der Waals surface area contributed by atoms with Crippen LogP contribution in [0.1, 0.15) is 19.4 Å². The third-order valence-electron chi connectivity index (χ3n) is 4.41. The van der Waals surface area contributed by atoms with Crippen LogP contribution in [0.15, 0.2) is 52.6 Å². The van der Waals surface area contributed by atoms with Gasteiger partial charge in [-0.05, 0) is 44.2 Å². The van der Waals surface area contributed by atoms with Crippen molar-refractivity contribution in [2.75, 3.05) is 6.67 Å². The van der Waals surface area contributed by atoms with E-state index in [1.165, 1.54) is 60.3 Å². The number of aliphatic imine (C=N–C) groups is 1. The molecule has 1 heterocycles. The van der Waals surface area contributed by atoms with E-state index >= 15 is 0 Å². The van der Waals surface area contributed by atoms with Crippen LogP contribution in [-0.2, 0) is 4.79 Å². The maximum absolute atomic E-state index is 12.6. The lowest BCUT2D eigenvalue weighted by Crippen LogP contribution is -2.53. The minimum atomic E-state index is -3.02. The minimum Gasteiger partial charge on any atom is -0.435 e. The molecule has 0 saturated heterocycles. The van der Waals surface area contributed by atoms with Gasteiger partial charge in [-0.3, -0.25) is 15.5 Å². The molecule has 0 fully saturated rings. The second kappa shape index (κ2) is 10.7. The Hall–Kier alpha value is -3.66. The molecule has 0 unspecified atom stereocenters. The van der Waals surface area contributed by atoms with Gasteiger partial charge >= 0.3 is 6.61 Å². The maximum atomic E-state index is 12.6. The lowest BCUT2D eigenvalue weighted by Gasteiger charge is -2.25. The van der Waals surface area contributed by atoms with Gasteiger partial charge in [0.25, 0.3) is 5.91 Å². The molecule has 0 radical (unpaired) electrons. The number of nitrogens with zero attached hydrogens (tertiary/aromatic N) is 5. The molecule has 1 aliphatic rings. The number of aliphatic hydroxyl groups is 1. The topological polar surface area (TPSA) is 126 Å². The van der Waals surface area contributed by atoms with Crippen LogP contribution in [-0.4, -0.2) is 51.7 Å². The first kappa shape index (κ1) is 26.0. The number of hydrazone groups is 1. The van der Waals surface area contributed by atoms with Crippen molar-refractivity contribution in [1.29, 1.82) is 5.26 Å². The van der Waals surface area contributed by atoms with E-state index in [1.807, 2.05) is 0 Å². The van der Waals surface area contributed by atoms with Crippen molar-refractivity contribution in [3.05, 3.63) is 58.1 Å². The Morgan fingerprint density at radius 2 is 2.03 bits per heavy atom. The number of guanidine groups is 1. The number of hydrogen-bond donors (Lipinski definition) is 3. The van der Waals surface area contributed by atoms with Gasteiger partial charge in [-0.1, -0.05) is 29.3 Å². The van der Waals surface area contributed by atoms with Crippen LogP contribution in [0.25, 0.3) is 0 Å². The highest BCUT2D eigenvalue weighted by atomic mass is 35.5. The molecule has 0 aliphatic carbocycles. The Morgan fingerprint density at radius 3 is 2.66 bits per heavy atom. The van der Waals surface area contributed by atoms with E-state index in [2.05, 4.69) is 25.6 Å². The average molecular weight is 526 g/mol. The molecule has 1 amide bonds. The van der Waals surface area contributed by atoms with Gasteiger partial charge < -0.3 is 9.84 Å². The molecule has 0 atom stereocenters. The molecule has 0 bridgehead atoms. The molecule has 3 N–H and O–H groups in total. The van der Waals surface area contributed by atoms with E-state index in [0.29, 0.717) is 10.6 Å². The SMILES string of the molecule is CC(C)(O)C(=O)NN1CN(C(=Nc2cccc(OC(F)F)c2)NC#N)N=C1c1ccc(Cl)c(Cl)c1. The van der Waals surface area contributed by atoms with Crippen LogP contribution in [0, 0.1) is 11.5 Å². The second-order valence-corrected chi connectivity index (χ2v) is 8.38. The number of ether oxygens (including phenoxy) is 1. The monoisotopic (exact) mass is 525 g/mol. The Kier molecular flexibility index (Phi) is 7.96. The summed E-state index contributed by atoms with van der Waals surface area (Å²) in [6.07, 6.45) is 1.74. The molecule has 0 spiro atoms. The van der Waals surface area contributed by atoms with Crippen molar-refractivity contribution in [3.63, 3.8) is 0 Å². The predicted molar refractivity (Wildman–Crippen MR) is 125 cm³/mol. The zero-order valence-electron chi connectivity index (χ0n) is 18.3. The van der Waals surface area contributed by atoms with Gasteiger partial charge in [-0.25, -0.2) is 15.0 Å². The first-order chi connectivity index (χ1) is 16.5. The fourth-order valence-electron chi connectivity index (χ4n) is 2.76. The molecule has 1 aliphatic heterocycles. The number of alkyl halides is 2. The van der Waals surface area contributed by atoms with E-state index in [0.717, 1.165) is 0 Å².